The molecule has 0 unspecified atom stereocenters. The number of carboxylic acids is 1. The zero-order valence-electron chi connectivity index (χ0n) is 10.5. The number of thioether (sulfide) groups is 1. The van der Waals surface area contributed by atoms with E-state index >= 15 is 0 Å². The predicted octanol–water partition coefficient (Wildman–Crippen LogP) is 1.84. The highest BCUT2D eigenvalue weighted by atomic mass is 32.2. The van der Waals surface area contributed by atoms with Gasteiger partial charge < -0.3 is 19.1 Å². The van der Waals surface area contributed by atoms with Gasteiger partial charge in [-0.2, -0.15) is 0 Å². The second-order valence-electron chi connectivity index (χ2n) is 4.21. The van der Waals surface area contributed by atoms with E-state index in [9.17, 15) is 4.79 Å². The van der Waals surface area contributed by atoms with Gasteiger partial charge in [-0.05, 0) is 17.7 Å². The second kappa shape index (κ2) is 5.46. The molecule has 2 aromatic rings. The van der Waals surface area contributed by atoms with Crippen molar-refractivity contribution < 1.29 is 19.4 Å². The average Bonchev–Trinajstić information content (AvgIpc) is 3.04. The lowest BCUT2D eigenvalue weighted by atomic mass is 10.2. The van der Waals surface area contributed by atoms with Crippen molar-refractivity contribution in [3.05, 3.63) is 36.2 Å². The Kier molecular flexibility index (Phi) is 3.51. The van der Waals surface area contributed by atoms with E-state index in [0.717, 1.165) is 17.1 Å². The Balaban J connectivity index is 1.74. The Morgan fingerprint density at radius 1 is 1.40 bits per heavy atom. The van der Waals surface area contributed by atoms with Gasteiger partial charge in [-0.1, -0.05) is 17.8 Å². The van der Waals surface area contributed by atoms with Gasteiger partial charge in [-0.3, -0.25) is 4.79 Å². The topological polar surface area (TPSA) is 73.6 Å². The van der Waals surface area contributed by atoms with Crippen molar-refractivity contribution in [1.82, 2.24) is 9.55 Å². The molecule has 0 saturated carbocycles. The van der Waals surface area contributed by atoms with Crippen LogP contribution in [0.1, 0.15) is 5.56 Å². The lowest BCUT2D eigenvalue weighted by Gasteiger charge is -2.07. The number of ether oxygens (including phenoxy) is 2. The van der Waals surface area contributed by atoms with Gasteiger partial charge >= 0.3 is 5.97 Å². The molecular weight excluding hydrogens is 280 g/mol. The van der Waals surface area contributed by atoms with Crippen molar-refractivity contribution in [3.63, 3.8) is 0 Å². The number of benzene rings is 1. The van der Waals surface area contributed by atoms with E-state index < -0.39 is 5.97 Å². The van der Waals surface area contributed by atoms with Crippen LogP contribution in [0.4, 0.5) is 0 Å². The number of fused-ring (bicyclic) bond motifs is 1. The van der Waals surface area contributed by atoms with E-state index in [2.05, 4.69) is 4.98 Å². The number of carbonyl (C=O) groups is 1. The maximum atomic E-state index is 10.6. The summed E-state index contributed by atoms with van der Waals surface area (Å²) in [5.41, 5.74) is 1.05. The van der Waals surface area contributed by atoms with Gasteiger partial charge in [0.25, 0.3) is 0 Å². The van der Waals surface area contributed by atoms with Crippen molar-refractivity contribution in [2.24, 2.45) is 0 Å². The first-order valence-corrected chi connectivity index (χ1v) is 6.95. The number of hydrogen-bond donors (Lipinski definition) is 1. The minimum absolute atomic E-state index is 0.00183. The first-order valence-electron chi connectivity index (χ1n) is 5.96. The third kappa shape index (κ3) is 2.72. The van der Waals surface area contributed by atoms with Gasteiger partial charge in [0, 0.05) is 18.9 Å². The number of hydrogen-bond acceptors (Lipinski definition) is 5. The minimum Gasteiger partial charge on any atom is -0.481 e. The number of aliphatic carboxylic acids is 1. The van der Waals surface area contributed by atoms with E-state index in [4.69, 9.17) is 14.6 Å². The van der Waals surface area contributed by atoms with Crippen molar-refractivity contribution in [2.45, 2.75) is 11.7 Å². The highest BCUT2D eigenvalue weighted by Crippen LogP contribution is 2.32. The van der Waals surface area contributed by atoms with E-state index in [1.807, 2.05) is 29.0 Å². The molecule has 1 aromatic carbocycles. The summed E-state index contributed by atoms with van der Waals surface area (Å²) < 4.78 is 12.5. The second-order valence-corrected chi connectivity index (χ2v) is 5.15. The standard InChI is InChI=1S/C13H12N2O4S/c16-12(17)7-20-13-14-3-4-15(13)6-9-1-2-10-11(5-9)19-8-18-10/h1-5H,6-8H2,(H,16,17). The third-order valence-corrected chi connectivity index (χ3v) is 3.78. The molecule has 104 valence electrons. The Morgan fingerprint density at radius 3 is 3.10 bits per heavy atom. The maximum absolute atomic E-state index is 10.6. The molecule has 0 saturated heterocycles. The molecule has 1 aromatic heterocycles. The Hall–Kier alpha value is -2.15. The van der Waals surface area contributed by atoms with Crippen LogP contribution in [0.5, 0.6) is 11.5 Å². The number of rotatable bonds is 5. The van der Waals surface area contributed by atoms with Crippen molar-refractivity contribution in [2.75, 3.05) is 12.5 Å². The fraction of sp³-hybridized carbons (Fsp3) is 0.231. The van der Waals surface area contributed by atoms with Crippen LogP contribution in [-0.4, -0.2) is 33.2 Å². The summed E-state index contributed by atoms with van der Waals surface area (Å²) in [6.07, 6.45) is 3.49. The van der Waals surface area contributed by atoms with Crippen LogP contribution in [-0.2, 0) is 11.3 Å². The summed E-state index contributed by atoms with van der Waals surface area (Å²) in [7, 11) is 0. The van der Waals surface area contributed by atoms with Crippen LogP contribution in [0, 0.1) is 0 Å². The summed E-state index contributed by atoms with van der Waals surface area (Å²) in [4.78, 5) is 14.8. The van der Waals surface area contributed by atoms with E-state index in [-0.39, 0.29) is 12.5 Å². The molecule has 0 fully saturated rings. The number of carboxylic acid groups (broad SMARTS) is 1. The van der Waals surface area contributed by atoms with E-state index in [1.54, 1.807) is 6.20 Å². The van der Waals surface area contributed by atoms with Gasteiger partial charge in [-0.15, -0.1) is 0 Å². The molecule has 6 nitrogen and oxygen atoms in total. The van der Waals surface area contributed by atoms with Crippen LogP contribution in [0.25, 0.3) is 0 Å². The van der Waals surface area contributed by atoms with Gasteiger partial charge in [0.1, 0.15) is 0 Å². The molecule has 0 amide bonds. The van der Waals surface area contributed by atoms with Crippen molar-refractivity contribution >= 4 is 17.7 Å². The van der Waals surface area contributed by atoms with Crippen LogP contribution in [0.3, 0.4) is 0 Å². The molecule has 0 bridgehead atoms. The van der Waals surface area contributed by atoms with Crippen LogP contribution in [0.2, 0.25) is 0 Å². The molecule has 0 spiro atoms. The van der Waals surface area contributed by atoms with Gasteiger partial charge in [0.2, 0.25) is 6.79 Å². The van der Waals surface area contributed by atoms with Crippen molar-refractivity contribution in [1.29, 1.82) is 0 Å². The highest BCUT2D eigenvalue weighted by Gasteiger charge is 2.14. The number of nitrogens with zero attached hydrogens (tertiary/aromatic N) is 2. The smallest absolute Gasteiger partial charge is 0.313 e. The average molecular weight is 292 g/mol. The Morgan fingerprint density at radius 2 is 2.25 bits per heavy atom. The zero-order valence-corrected chi connectivity index (χ0v) is 11.3. The molecule has 1 aliphatic heterocycles. The summed E-state index contributed by atoms with van der Waals surface area (Å²) in [6, 6.07) is 5.76. The van der Waals surface area contributed by atoms with Gasteiger partial charge in [0.15, 0.2) is 16.7 Å². The monoisotopic (exact) mass is 292 g/mol. The summed E-state index contributed by atoms with van der Waals surface area (Å²) >= 11 is 1.20. The summed E-state index contributed by atoms with van der Waals surface area (Å²) in [5, 5.41) is 9.40. The third-order valence-electron chi connectivity index (χ3n) is 2.79. The fourth-order valence-electron chi connectivity index (χ4n) is 1.92. The minimum atomic E-state index is -0.854. The lowest BCUT2D eigenvalue weighted by molar-refractivity contribution is -0.133. The Bertz CT molecular complexity index is 641. The zero-order chi connectivity index (χ0) is 13.9. The number of aromatic nitrogens is 2. The molecular formula is C13H12N2O4S. The van der Waals surface area contributed by atoms with Crippen LogP contribution >= 0.6 is 11.8 Å². The quantitative estimate of drug-likeness (QED) is 0.848. The normalized spacial score (nSPS) is 12.6. The molecule has 0 atom stereocenters. The van der Waals surface area contributed by atoms with E-state index in [1.165, 1.54) is 11.8 Å². The molecule has 2 heterocycles. The van der Waals surface area contributed by atoms with Gasteiger partial charge in [0.05, 0.1) is 5.75 Å². The maximum Gasteiger partial charge on any atom is 0.313 e. The molecule has 0 radical (unpaired) electrons. The summed E-state index contributed by atoms with van der Waals surface area (Å²) in [6.45, 7) is 0.863. The molecule has 7 heteroatoms. The molecule has 1 aliphatic rings. The SMILES string of the molecule is O=C(O)CSc1nccn1Cc1ccc2c(c1)OCO2. The van der Waals surface area contributed by atoms with Crippen molar-refractivity contribution in [3.8, 4) is 11.5 Å². The van der Waals surface area contributed by atoms with Crippen LogP contribution < -0.4 is 9.47 Å². The van der Waals surface area contributed by atoms with Crippen LogP contribution in [0.15, 0.2) is 35.7 Å². The molecule has 0 aliphatic carbocycles. The molecule has 1 N–H and O–H groups in total. The first kappa shape index (κ1) is 12.9. The van der Waals surface area contributed by atoms with E-state index in [0.29, 0.717) is 11.7 Å². The first-order chi connectivity index (χ1) is 9.72. The number of imidazole rings is 1. The Labute approximate surface area is 119 Å². The molecule has 20 heavy (non-hydrogen) atoms. The van der Waals surface area contributed by atoms with Gasteiger partial charge in [-0.25, -0.2) is 4.98 Å². The largest absolute Gasteiger partial charge is 0.481 e. The predicted molar refractivity (Wildman–Crippen MR) is 72.3 cm³/mol. The lowest BCUT2D eigenvalue weighted by Crippen LogP contribution is -2.03. The molecule has 3 rings (SSSR count). The summed E-state index contributed by atoms with van der Waals surface area (Å²) in [5.74, 6) is 0.632. The highest BCUT2D eigenvalue weighted by molar-refractivity contribution is 7.99. The fourth-order valence-corrected chi connectivity index (χ4v) is 2.60.